The average molecular weight is 346 g/mol. The van der Waals surface area contributed by atoms with Crippen LogP contribution in [0.2, 0.25) is 5.28 Å². The Kier molecular flexibility index (Phi) is 5.39. The number of halogens is 1. The number of aromatic nitrogens is 2. The molecule has 0 aromatic carbocycles. The Morgan fingerprint density at radius 1 is 1.55 bits per heavy atom. The molecule has 1 aromatic rings. The molecule has 1 aliphatic heterocycles. The van der Waals surface area contributed by atoms with Crippen LogP contribution >= 0.6 is 11.6 Å². The second-order valence-corrected chi connectivity index (χ2v) is 7.93. The van der Waals surface area contributed by atoms with Gasteiger partial charge in [0.1, 0.15) is 10.6 Å². The van der Waals surface area contributed by atoms with E-state index in [4.69, 9.17) is 16.3 Å². The van der Waals surface area contributed by atoms with Gasteiger partial charge in [-0.3, -0.25) is 4.21 Å². The van der Waals surface area contributed by atoms with E-state index in [1.807, 2.05) is 20.8 Å². The van der Waals surface area contributed by atoms with Crippen molar-refractivity contribution in [2.45, 2.75) is 50.3 Å². The van der Waals surface area contributed by atoms with Gasteiger partial charge in [-0.15, -0.1) is 0 Å². The molecule has 122 valence electrons. The molecule has 0 radical (unpaired) electrons. The highest BCUT2D eigenvalue weighted by atomic mass is 35.5. The standard InChI is InChI=1S/C14H20ClN3O3S/c1-14(2,3)21-13(19)18-8-4-5-10(18)9-22(20)11-6-7-16-12(15)17-11/h6-7,10H,4-5,8-9H2,1-3H3/t10-,22-/m1/s1. The Morgan fingerprint density at radius 3 is 2.91 bits per heavy atom. The predicted octanol–water partition coefficient (Wildman–Crippen LogP) is 2.64. The summed E-state index contributed by atoms with van der Waals surface area (Å²) >= 11 is 5.72. The Hall–Kier alpha value is -1.21. The van der Waals surface area contributed by atoms with E-state index in [0.717, 1.165) is 12.8 Å². The van der Waals surface area contributed by atoms with Crippen LogP contribution in [-0.4, -0.2) is 49.1 Å². The van der Waals surface area contributed by atoms with E-state index in [9.17, 15) is 9.00 Å². The molecule has 1 amide bonds. The number of ether oxygens (including phenoxy) is 1. The molecule has 0 spiro atoms. The normalized spacial score (nSPS) is 20.0. The van der Waals surface area contributed by atoms with Gasteiger partial charge in [0.15, 0.2) is 0 Å². The van der Waals surface area contributed by atoms with E-state index >= 15 is 0 Å². The van der Waals surface area contributed by atoms with Crippen molar-refractivity contribution in [3.8, 4) is 0 Å². The molecule has 6 nitrogen and oxygen atoms in total. The summed E-state index contributed by atoms with van der Waals surface area (Å²) in [5.41, 5.74) is -0.538. The number of hydrogen-bond donors (Lipinski definition) is 0. The lowest BCUT2D eigenvalue weighted by Gasteiger charge is -2.28. The van der Waals surface area contributed by atoms with Crippen LogP contribution in [0, 0.1) is 0 Å². The van der Waals surface area contributed by atoms with Gasteiger partial charge in [0.25, 0.3) is 0 Å². The molecule has 1 aliphatic rings. The van der Waals surface area contributed by atoms with Gasteiger partial charge < -0.3 is 9.64 Å². The van der Waals surface area contributed by atoms with Crippen LogP contribution in [0.3, 0.4) is 0 Å². The highest BCUT2D eigenvalue weighted by Crippen LogP contribution is 2.22. The largest absolute Gasteiger partial charge is 0.444 e. The van der Waals surface area contributed by atoms with E-state index < -0.39 is 16.4 Å². The number of nitrogens with zero attached hydrogens (tertiary/aromatic N) is 3. The summed E-state index contributed by atoms with van der Waals surface area (Å²) in [5.74, 6) is 0.326. The zero-order valence-electron chi connectivity index (χ0n) is 12.9. The van der Waals surface area contributed by atoms with Gasteiger partial charge in [0.05, 0.1) is 16.6 Å². The van der Waals surface area contributed by atoms with Crippen molar-refractivity contribution in [3.63, 3.8) is 0 Å². The minimum Gasteiger partial charge on any atom is -0.444 e. The minimum absolute atomic E-state index is 0.0706. The summed E-state index contributed by atoms with van der Waals surface area (Å²) in [6, 6.07) is 1.47. The maximum absolute atomic E-state index is 12.4. The first-order valence-corrected chi connectivity index (χ1v) is 8.82. The number of hydrogen-bond acceptors (Lipinski definition) is 5. The first-order valence-electron chi connectivity index (χ1n) is 7.13. The first-order chi connectivity index (χ1) is 10.3. The number of amides is 1. The van der Waals surface area contributed by atoms with Gasteiger partial charge in [0.2, 0.25) is 5.28 Å². The van der Waals surface area contributed by atoms with Crippen molar-refractivity contribution in [1.29, 1.82) is 0 Å². The molecule has 1 saturated heterocycles. The SMILES string of the molecule is CC(C)(C)OC(=O)N1CCC[C@@H]1C[S@@](=O)c1ccnc(Cl)n1. The Labute approximate surface area is 137 Å². The molecule has 0 N–H and O–H groups in total. The fourth-order valence-electron chi connectivity index (χ4n) is 2.28. The molecule has 0 bridgehead atoms. The van der Waals surface area contributed by atoms with Gasteiger partial charge in [-0.25, -0.2) is 14.8 Å². The Balaban J connectivity index is 2.02. The summed E-state index contributed by atoms with van der Waals surface area (Å²) in [6.45, 7) is 6.12. The fourth-order valence-corrected chi connectivity index (χ4v) is 3.74. The molecule has 0 unspecified atom stereocenters. The second kappa shape index (κ2) is 6.91. The maximum Gasteiger partial charge on any atom is 0.410 e. The van der Waals surface area contributed by atoms with Crippen molar-refractivity contribution in [2.24, 2.45) is 0 Å². The fraction of sp³-hybridized carbons (Fsp3) is 0.643. The lowest BCUT2D eigenvalue weighted by molar-refractivity contribution is 0.0241. The van der Waals surface area contributed by atoms with Crippen molar-refractivity contribution in [2.75, 3.05) is 12.3 Å². The molecule has 2 rings (SSSR count). The minimum atomic E-state index is -1.33. The third kappa shape index (κ3) is 4.64. The molecule has 0 aliphatic carbocycles. The van der Waals surface area contributed by atoms with Crippen molar-refractivity contribution >= 4 is 28.5 Å². The van der Waals surface area contributed by atoms with Gasteiger partial charge in [-0.2, -0.15) is 0 Å². The van der Waals surface area contributed by atoms with Gasteiger partial charge >= 0.3 is 6.09 Å². The highest BCUT2D eigenvalue weighted by molar-refractivity contribution is 7.85. The number of likely N-dealkylation sites (tertiary alicyclic amines) is 1. The van der Waals surface area contributed by atoms with Crippen molar-refractivity contribution in [3.05, 3.63) is 17.5 Å². The van der Waals surface area contributed by atoms with Crippen LogP contribution < -0.4 is 0 Å². The van der Waals surface area contributed by atoms with Crippen LogP contribution in [0.5, 0.6) is 0 Å². The summed E-state index contributed by atoms with van der Waals surface area (Å²) in [5, 5.41) is 0.456. The van der Waals surface area contributed by atoms with Gasteiger partial charge in [-0.1, -0.05) is 0 Å². The van der Waals surface area contributed by atoms with Gasteiger partial charge in [-0.05, 0) is 51.3 Å². The van der Waals surface area contributed by atoms with E-state index in [1.165, 1.54) is 6.20 Å². The highest BCUT2D eigenvalue weighted by Gasteiger charge is 2.33. The summed E-state index contributed by atoms with van der Waals surface area (Å²) in [7, 11) is -1.33. The molecule has 0 saturated carbocycles. The Bertz CT molecular complexity index is 577. The monoisotopic (exact) mass is 345 g/mol. The molecule has 8 heteroatoms. The molecule has 1 fully saturated rings. The van der Waals surface area contributed by atoms with Crippen LogP contribution in [0.1, 0.15) is 33.6 Å². The van der Waals surface area contributed by atoms with Crippen LogP contribution in [0.25, 0.3) is 0 Å². The zero-order valence-corrected chi connectivity index (χ0v) is 14.5. The molecular formula is C14H20ClN3O3S. The summed E-state index contributed by atoms with van der Waals surface area (Å²) in [6.07, 6.45) is 2.81. The quantitative estimate of drug-likeness (QED) is 0.622. The topological polar surface area (TPSA) is 72.4 Å². The van der Waals surface area contributed by atoms with Crippen LogP contribution in [0.15, 0.2) is 17.3 Å². The molecular weight excluding hydrogens is 326 g/mol. The summed E-state index contributed by atoms with van der Waals surface area (Å²) < 4.78 is 17.8. The smallest absolute Gasteiger partial charge is 0.410 e. The zero-order chi connectivity index (χ0) is 16.3. The number of rotatable bonds is 3. The third-order valence-corrected chi connectivity index (χ3v) is 4.75. The van der Waals surface area contributed by atoms with Crippen LogP contribution in [0.4, 0.5) is 4.79 Å². The second-order valence-electron chi connectivity index (χ2n) is 6.15. The maximum atomic E-state index is 12.4. The molecule has 2 heterocycles. The van der Waals surface area contributed by atoms with Crippen molar-refractivity contribution in [1.82, 2.24) is 14.9 Å². The molecule has 1 aromatic heterocycles. The predicted molar refractivity (Wildman–Crippen MR) is 84.3 cm³/mol. The van der Waals surface area contributed by atoms with E-state index in [2.05, 4.69) is 9.97 Å². The molecule has 2 atom stereocenters. The van der Waals surface area contributed by atoms with Crippen LogP contribution in [-0.2, 0) is 15.5 Å². The third-order valence-electron chi connectivity index (χ3n) is 3.18. The molecule has 22 heavy (non-hydrogen) atoms. The summed E-state index contributed by atoms with van der Waals surface area (Å²) in [4.78, 5) is 21.6. The number of carbonyl (C=O) groups is 1. The van der Waals surface area contributed by atoms with E-state index in [-0.39, 0.29) is 17.4 Å². The first kappa shape index (κ1) is 17.1. The lowest BCUT2D eigenvalue weighted by Crippen LogP contribution is -2.42. The average Bonchev–Trinajstić information content (AvgIpc) is 2.85. The van der Waals surface area contributed by atoms with Crippen molar-refractivity contribution < 1.29 is 13.7 Å². The van der Waals surface area contributed by atoms with E-state index in [0.29, 0.717) is 17.3 Å². The lowest BCUT2D eigenvalue weighted by atomic mass is 10.2. The Morgan fingerprint density at radius 2 is 2.27 bits per heavy atom. The van der Waals surface area contributed by atoms with E-state index in [1.54, 1.807) is 11.0 Å². The van der Waals surface area contributed by atoms with Gasteiger partial charge in [0, 0.05) is 18.8 Å². The number of carbonyl (C=O) groups excluding carboxylic acids is 1.